The topological polar surface area (TPSA) is 111 Å². The van der Waals surface area contributed by atoms with Crippen molar-refractivity contribution in [3.05, 3.63) is 53.1 Å². The number of benzene rings is 1. The standard InChI is InChI=1S/C23H24F4N6O3S/c1-12-9-18(31-28-11-12)13-3-5-14(6-4-13)29-21-32-33-22(37-21)30-20(34)19(35-2)16-10-15(7-8-17(16)24)36-23(25,26)27/h7-11,13-14,19H,3-6H2,1-2H3,(H,29,32)(H,30,33,34)/t13-,14+,19-/m1/s1. The molecule has 1 aromatic carbocycles. The van der Waals surface area contributed by atoms with Gasteiger partial charge >= 0.3 is 6.36 Å². The highest BCUT2D eigenvalue weighted by molar-refractivity contribution is 7.19. The number of nitrogens with one attached hydrogen (secondary N) is 2. The molecule has 198 valence electrons. The SMILES string of the molecule is CO[C@@H](C(=O)Nc1nnc(N[C@H]2CC[C@@H](c3cc(C)cnn3)CC2)s1)c1cc(OC(F)(F)F)ccc1F. The first kappa shape index (κ1) is 26.7. The molecule has 0 spiro atoms. The Hall–Kier alpha value is -3.39. The maximum atomic E-state index is 14.3. The van der Waals surface area contributed by atoms with Gasteiger partial charge in [-0.2, -0.15) is 10.2 Å². The molecule has 1 aliphatic carbocycles. The summed E-state index contributed by atoms with van der Waals surface area (Å²) in [5.41, 5.74) is 1.66. The van der Waals surface area contributed by atoms with Gasteiger partial charge < -0.3 is 14.8 Å². The van der Waals surface area contributed by atoms with Gasteiger partial charge in [0.1, 0.15) is 11.6 Å². The molecule has 3 aromatic rings. The molecule has 4 rings (SSSR count). The van der Waals surface area contributed by atoms with Crippen molar-refractivity contribution in [1.29, 1.82) is 0 Å². The lowest BCUT2D eigenvalue weighted by molar-refractivity contribution is -0.274. The van der Waals surface area contributed by atoms with Gasteiger partial charge in [0.2, 0.25) is 10.3 Å². The highest BCUT2D eigenvalue weighted by Gasteiger charge is 2.32. The number of alkyl halides is 3. The number of carbonyl (C=O) groups excluding carboxylic acids is 1. The van der Waals surface area contributed by atoms with E-state index in [2.05, 4.69) is 41.8 Å². The predicted octanol–water partition coefficient (Wildman–Crippen LogP) is 5.14. The number of aromatic nitrogens is 4. The Morgan fingerprint density at radius 3 is 2.51 bits per heavy atom. The monoisotopic (exact) mass is 540 g/mol. The molecule has 0 radical (unpaired) electrons. The van der Waals surface area contributed by atoms with Crippen molar-refractivity contribution in [2.75, 3.05) is 17.7 Å². The summed E-state index contributed by atoms with van der Waals surface area (Å²) in [5, 5.41) is 22.7. The van der Waals surface area contributed by atoms with Gasteiger partial charge in [-0.1, -0.05) is 11.3 Å². The molecule has 2 aromatic heterocycles. The van der Waals surface area contributed by atoms with Crippen LogP contribution in [0.25, 0.3) is 0 Å². The molecular weight excluding hydrogens is 516 g/mol. The number of halogens is 4. The van der Waals surface area contributed by atoms with Crippen LogP contribution in [0.15, 0.2) is 30.5 Å². The average Bonchev–Trinajstić information content (AvgIpc) is 3.27. The number of methoxy groups -OCH3 is 1. The quantitative estimate of drug-likeness (QED) is 0.378. The number of nitrogens with zero attached hydrogens (tertiary/aromatic N) is 4. The van der Waals surface area contributed by atoms with Gasteiger partial charge in [-0.15, -0.1) is 23.4 Å². The largest absolute Gasteiger partial charge is 0.573 e. The fourth-order valence-corrected chi connectivity index (χ4v) is 4.92. The molecular formula is C23H24F4N6O3S. The first-order valence-electron chi connectivity index (χ1n) is 11.4. The lowest BCUT2D eigenvalue weighted by atomic mass is 9.84. The Labute approximate surface area is 213 Å². The fraction of sp³-hybridized carbons (Fsp3) is 0.435. The number of anilines is 2. The summed E-state index contributed by atoms with van der Waals surface area (Å²) < 4.78 is 60.8. The van der Waals surface area contributed by atoms with Crippen LogP contribution in [0.1, 0.15) is 54.5 Å². The Morgan fingerprint density at radius 2 is 1.84 bits per heavy atom. The summed E-state index contributed by atoms with van der Waals surface area (Å²) in [6.07, 6.45) is -1.12. The molecule has 0 unspecified atom stereocenters. The summed E-state index contributed by atoms with van der Waals surface area (Å²) in [6.45, 7) is 1.99. The highest BCUT2D eigenvalue weighted by atomic mass is 32.1. The Balaban J connectivity index is 1.34. The Morgan fingerprint density at radius 1 is 1.11 bits per heavy atom. The van der Waals surface area contributed by atoms with E-state index >= 15 is 0 Å². The third-order valence-corrected chi connectivity index (χ3v) is 6.67. The molecule has 1 fully saturated rings. The van der Waals surface area contributed by atoms with Gasteiger partial charge in [-0.25, -0.2) is 4.39 Å². The van der Waals surface area contributed by atoms with Crippen LogP contribution in [0, 0.1) is 12.7 Å². The van der Waals surface area contributed by atoms with Gasteiger partial charge in [0, 0.05) is 24.6 Å². The van der Waals surface area contributed by atoms with Gasteiger partial charge in [0.25, 0.3) is 5.91 Å². The van der Waals surface area contributed by atoms with Crippen LogP contribution >= 0.6 is 11.3 Å². The molecule has 0 aliphatic heterocycles. The number of hydrogen-bond acceptors (Lipinski definition) is 9. The Bertz CT molecular complexity index is 1230. The second-order valence-electron chi connectivity index (χ2n) is 8.60. The molecule has 2 N–H and O–H groups in total. The molecule has 0 bridgehead atoms. The molecule has 0 saturated heterocycles. The van der Waals surface area contributed by atoms with E-state index in [1.165, 1.54) is 0 Å². The van der Waals surface area contributed by atoms with Crippen molar-refractivity contribution in [2.45, 2.75) is 57.0 Å². The minimum Gasteiger partial charge on any atom is -0.406 e. The first-order valence-corrected chi connectivity index (χ1v) is 12.2. The minimum atomic E-state index is -4.97. The van der Waals surface area contributed by atoms with Crippen LogP contribution in [-0.2, 0) is 9.53 Å². The highest BCUT2D eigenvalue weighted by Crippen LogP contribution is 2.34. The van der Waals surface area contributed by atoms with Gasteiger partial charge in [-0.3, -0.25) is 10.1 Å². The number of amides is 1. The van der Waals surface area contributed by atoms with E-state index in [0.29, 0.717) is 11.0 Å². The second-order valence-corrected chi connectivity index (χ2v) is 9.58. The van der Waals surface area contributed by atoms with E-state index in [1.54, 1.807) is 6.20 Å². The number of hydrogen-bond donors (Lipinski definition) is 2. The van der Waals surface area contributed by atoms with E-state index in [4.69, 9.17) is 4.74 Å². The van der Waals surface area contributed by atoms with E-state index in [0.717, 1.165) is 73.6 Å². The molecule has 14 heteroatoms. The molecule has 1 atom stereocenters. The summed E-state index contributed by atoms with van der Waals surface area (Å²) >= 11 is 1.08. The molecule has 1 amide bonds. The number of carbonyl (C=O) groups is 1. The van der Waals surface area contributed by atoms with Gasteiger partial charge in [0.15, 0.2) is 6.10 Å². The maximum absolute atomic E-state index is 14.3. The summed E-state index contributed by atoms with van der Waals surface area (Å²) in [7, 11) is 1.13. The van der Waals surface area contributed by atoms with Gasteiger partial charge in [-0.05, 0) is 62.4 Å². The van der Waals surface area contributed by atoms with E-state index in [9.17, 15) is 22.4 Å². The van der Waals surface area contributed by atoms with Crippen molar-refractivity contribution in [1.82, 2.24) is 20.4 Å². The van der Waals surface area contributed by atoms with Crippen LogP contribution < -0.4 is 15.4 Å². The lowest BCUT2D eigenvalue weighted by Gasteiger charge is -2.28. The van der Waals surface area contributed by atoms with E-state index < -0.39 is 35.5 Å². The van der Waals surface area contributed by atoms with E-state index in [-0.39, 0.29) is 11.2 Å². The zero-order valence-electron chi connectivity index (χ0n) is 19.9. The first-order chi connectivity index (χ1) is 17.6. The number of ether oxygens (including phenoxy) is 2. The fourth-order valence-electron chi connectivity index (χ4n) is 4.19. The summed E-state index contributed by atoms with van der Waals surface area (Å²) in [4.78, 5) is 12.7. The third-order valence-electron chi connectivity index (χ3n) is 5.90. The zero-order valence-corrected chi connectivity index (χ0v) is 20.7. The van der Waals surface area contributed by atoms with Crippen molar-refractivity contribution >= 4 is 27.5 Å². The molecule has 1 saturated carbocycles. The summed E-state index contributed by atoms with van der Waals surface area (Å²) in [6, 6.07) is 4.57. The molecule has 1 aliphatic rings. The molecule has 2 heterocycles. The van der Waals surface area contributed by atoms with Crippen molar-refractivity contribution in [3.63, 3.8) is 0 Å². The third kappa shape index (κ3) is 7.10. The van der Waals surface area contributed by atoms with Crippen molar-refractivity contribution in [2.24, 2.45) is 0 Å². The predicted molar refractivity (Wildman–Crippen MR) is 127 cm³/mol. The van der Waals surface area contributed by atoms with Crippen molar-refractivity contribution in [3.8, 4) is 5.75 Å². The average molecular weight is 541 g/mol. The van der Waals surface area contributed by atoms with Crippen LogP contribution in [0.4, 0.5) is 27.8 Å². The van der Waals surface area contributed by atoms with Crippen LogP contribution in [0.2, 0.25) is 0 Å². The second kappa shape index (κ2) is 11.3. The molecule has 37 heavy (non-hydrogen) atoms. The van der Waals surface area contributed by atoms with E-state index in [1.807, 2.05) is 6.92 Å². The minimum absolute atomic E-state index is 0.126. The zero-order chi connectivity index (χ0) is 26.6. The van der Waals surface area contributed by atoms with Crippen LogP contribution in [0.5, 0.6) is 5.75 Å². The Kier molecular flexibility index (Phi) is 8.17. The van der Waals surface area contributed by atoms with Crippen LogP contribution in [-0.4, -0.2) is 45.8 Å². The number of aryl methyl sites for hydroxylation is 1. The maximum Gasteiger partial charge on any atom is 0.573 e. The number of rotatable bonds is 8. The van der Waals surface area contributed by atoms with Crippen molar-refractivity contribution < 1.29 is 31.8 Å². The lowest BCUT2D eigenvalue weighted by Crippen LogP contribution is -2.25. The smallest absolute Gasteiger partial charge is 0.406 e. The van der Waals surface area contributed by atoms with Gasteiger partial charge in [0.05, 0.1) is 11.9 Å². The summed E-state index contributed by atoms with van der Waals surface area (Å²) in [5.74, 6) is -2.08. The molecule has 9 nitrogen and oxygen atoms in total. The van der Waals surface area contributed by atoms with Crippen LogP contribution in [0.3, 0.4) is 0 Å². The normalized spacial score (nSPS) is 18.8.